The number of amides is 1. The fourth-order valence-corrected chi connectivity index (χ4v) is 3.84. The number of hydrogen-bond donors (Lipinski definition) is 1. The molecule has 6 nitrogen and oxygen atoms in total. The lowest BCUT2D eigenvalue weighted by atomic mass is 9.96. The summed E-state index contributed by atoms with van der Waals surface area (Å²) in [5.41, 5.74) is 2.26. The molecule has 1 atom stereocenters. The van der Waals surface area contributed by atoms with Crippen LogP contribution in [-0.4, -0.2) is 57.8 Å². The van der Waals surface area contributed by atoms with Gasteiger partial charge in [-0.3, -0.25) is 9.69 Å². The first-order valence-corrected chi connectivity index (χ1v) is 10.5. The Bertz CT molecular complexity index is 815. The zero-order chi connectivity index (χ0) is 21.5. The van der Waals surface area contributed by atoms with Gasteiger partial charge in [-0.05, 0) is 35.7 Å². The van der Waals surface area contributed by atoms with Crippen molar-refractivity contribution in [3.63, 3.8) is 0 Å². The van der Waals surface area contributed by atoms with Gasteiger partial charge in [0.15, 0.2) is 0 Å². The van der Waals surface area contributed by atoms with Crippen molar-refractivity contribution < 1.29 is 14.3 Å². The molecule has 1 amide bonds. The molecule has 0 spiro atoms. The lowest BCUT2D eigenvalue weighted by Crippen LogP contribution is -2.50. The van der Waals surface area contributed by atoms with E-state index < -0.39 is 0 Å². The minimum atomic E-state index is -0.0125. The quantitative estimate of drug-likeness (QED) is 0.722. The largest absolute Gasteiger partial charge is 0.497 e. The Hall–Kier alpha value is -2.73. The molecule has 1 N–H and O–H groups in total. The van der Waals surface area contributed by atoms with E-state index in [1.807, 2.05) is 36.4 Å². The minimum absolute atomic E-state index is 0.0125. The molecule has 1 aliphatic heterocycles. The highest BCUT2D eigenvalue weighted by molar-refractivity contribution is 5.78. The standard InChI is InChI=1S/C24H33N3O3/c1-18(2)24(19-8-10-21(29-3)11-9-19)25-23(28)17-26-12-14-27(15-13-26)20-6-5-7-22(16-20)30-4/h5-11,16,18,24H,12-15,17H2,1-4H3,(H,25,28). The molecular weight excluding hydrogens is 378 g/mol. The Kier molecular flexibility index (Phi) is 7.57. The van der Waals surface area contributed by atoms with Gasteiger partial charge in [-0.25, -0.2) is 0 Å². The maximum Gasteiger partial charge on any atom is 0.234 e. The number of benzene rings is 2. The summed E-state index contributed by atoms with van der Waals surface area (Å²) >= 11 is 0. The monoisotopic (exact) mass is 411 g/mol. The van der Waals surface area contributed by atoms with Gasteiger partial charge >= 0.3 is 0 Å². The van der Waals surface area contributed by atoms with Crippen molar-refractivity contribution in [2.24, 2.45) is 5.92 Å². The van der Waals surface area contributed by atoms with Crippen LogP contribution in [-0.2, 0) is 4.79 Å². The highest BCUT2D eigenvalue weighted by Crippen LogP contribution is 2.24. The zero-order valence-corrected chi connectivity index (χ0v) is 18.4. The van der Waals surface area contributed by atoms with Gasteiger partial charge in [-0.2, -0.15) is 0 Å². The van der Waals surface area contributed by atoms with Crippen LogP contribution in [0, 0.1) is 5.92 Å². The van der Waals surface area contributed by atoms with E-state index in [-0.39, 0.29) is 11.9 Å². The summed E-state index contributed by atoms with van der Waals surface area (Å²) in [6, 6.07) is 16.0. The number of nitrogens with one attached hydrogen (secondary N) is 1. The van der Waals surface area contributed by atoms with Crippen LogP contribution in [0.4, 0.5) is 5.69 Å². The van der Waals surface area contributed by atoms with Crippen LogP contribution in [0.1, 0.15) is 25.5 Å². The molecule has 2 aromatic carbocycles. The van der Waals surface area contributed by atoms with Gasteiger partial charge in [0.25, 0.3) is 0 Å². The summed E-state index contributed by atoms with van der Waals surface area (Å²) in [7, 11) is 3.34. The van der Waals surface area contributed by atoms with E-state index in [9.17, 15) is 4.79 Å². The topological polar surface area (TPSA) is 54.0 Å². The molecule has 30 heavy (non-hydrogen) atoms. The summed E-state index contributed by atoms with van der Waals surface area (Å²) in [6.45, 7) is 8.19. The van der Waals surface area contributed by atoms with Gasteiger partial charge in [0.1, 0.15) is 11.5 Å². The summed E-state index contributed by atoms with van der Waals surface area (Å²) in [4.78, 5) is 17.3. The molecule has 0 aromatic heterocycles. The van der Waals surface area contributed by atoms with E-state index in [4.69, 9.17) is 9.47 Å². The molecule has 162 valence electrons. The highest BCUT2D eigenvalue weighted by Gasteiger charge is 2.23. The summed E-state index contributed by atoms with van der Waals surface area (Å²) in [5.74, 6) is 2.06. The molecule has 0 saturated carbocycles. The van der Waals surface area contributed by atoms with Crippen molar-refractivity contribution in [1.82, 2.24) is 10.2 Å². The molecule has 1 heterocycles. The molecule has 1 saturated heterocycles. The molecular formula is C24H33N3O3. The smallest absolute Gasteiger partial charge is 0.234 e. The molecule has 2 aromatic rings. The van der Waals surface area contributed by atoms with Gasteiger partial charge in [0.05, 0.1) is 26.8 Å². The van der Waals surface area contributed by atoms with Gasteiger partial charge in [0, 0.05) is 37.9 Å². The van der Waals surface area contributed by atoms with Crippen LogP contribution in [0.15, 0.2) is 48.5 Å². The molecule has 0 radical (unpaired) electrons. The van der Waals surface area contributed by atoms with Gasteiger partial charge < -0.3 is 19.7 Å². The molecule has 1 aliphatic rings. The summed E-state index contributed by atoms with van der Waals surface area (Å²) in [6.07, 6.45) is 0. The van der Waals surface area contributed by atoms with Crippen LogP contribution in [0.2, 0.25) is 0 Å². The number of anilines is 1. The van der Waals surface area contributed by atoms with E-state index in [1.165, 1.54) is 0 Å². The normalized spacial score (nSPS) is 15.7. The average molecular weight is 412 g/mol. The van der Waals surface area contributed by atoms with Crippen LogP contribution in [0.25, 0.3) is 0 Å². The fraction of sp³-hybridized carbons (Fsp3) is 0.458. The molecule has 0 aliphatic carbocycles. The van der Waals surface area contributed by atoms with E-state index in [2.05, 4.69) is 41.1 Å². The second-order valence-corrected chi connectivity index (χ2v) is 8.03. The van der Waals surface area contributed by atoms with E-state index >= 15 is 0 Å². The number of carbonyl (C=O) groups excluding carboxylic acids is 1. The highest BCUT2D eigenvalue weighted by atomic mass is 16.5. The van der Waals surface area contributed by atoms with Crippen LogP contribution >= 0.6 is 0 Å². The molecule has 1 fully saturated rings. The SMILES string of the molecule is COc1ccc(C(NC(=O)CN2CCN(c3cccc(OC)c3)CC2)C(C)C)cc1. The second kappa shape index (κ2) is 10.3. The average Bonchev–Trinajstić information content (AvgIpc) is 2.78. The maximum absolute atomic E-state index is 12.7. The Labute approximate surface area is 179 Å². The van der Waals surface area contributed by atoms with Crippen molar-refractivity contribution in [2.45, 2.75) is 19.9 Å². The van der Waals surface area contributed by atoms with Crippen LogP contribution in [0.3, 0.4) is 0 Å². The first-order valence-electron chi connectivity index (χ1n) is 10.5. The Morgan fingerprint density at radius 1 is 0.967 bits per heavy atom. The van der Waals surface area contributed by atoms with Crippen molar-refractivity contribution >= 4 is 11.6 Å². The third-order valence-corrected chi connectivity index (χ3v) is 5.62. The number of ether oxygens (including phenoxy) is 2. The predicted octanol–water partition coefficient (Wildman–Crippen LogP) is 3.34. The molecule has 0 bridgehead atoms. The van der Waals surface area contributed by atoms with Crippen LogP contribution < -0.4 is 19.7 Å². The predicted molar refractivity (Wildman–Crippen MR) is 120 cm³/mol. The number of nitrogens with zero attached hydrogens (tertiary/aromatic N) is 2. The van der Waals surface area contributed by atoms with Gasteiger partial charge in [-0.15, -0.1) is 0 Å². The second-order valence-electron chi connectivity index (χ2n) is 8.03. The van der Waals surface area contributed by atoms with Crippen molar-refractivity contribution in [3.8, 4) is 11.5 Å². The number of rotatable bonds is 8. The van der Waals surface area contributed by atoms with Crippen molar-refractivity contribution in [1.29, 1.82) is 0 Å². The Morgan fingerprint density at radius 3 is 2.23 bits per heavy atom. The maximum atomic E-state index is 12.7. The van der Waals surface area contributed by atoms with E-state index in [0.29, 0.717) is 12.5 Å². The number of hydrogen-bond acceptors (Lipinski definition) is 5. The first-order chi connectivity index (χ1) is 14.5. The van der Waals surface area contributed by atoms with Gasteiger partial charge in [-0.1, -0.05) is 32.0 Å². The third-order valence-electron chi connectivity index (χ3n) is 5.62. The number of methoxy groups -OCH3 is 2. The van der Waals surface area contributed by atoms with Crippen LogP contribution in [0.5, 0.6) is 11.5 Å². The lowest BCUT2D eigenvalue weighted by molar-refractivity contribution is -0.123. The first kappa shape index (κ1) is 22.0. The minimum Gasteiger partial charge on any atom is -0.497 e. The van der Waals surface area contributed by atoms with E-state index in [1.54, 1.807) is 14.2 Å². The number of carbonyl (C=O) groups is 1. The fourth-order valence-electron chi connectivity index (χ4n) is 3.84. The van der Waals surface area contributed by atoms with E-state index in [0.717, 1.165) is 48.9 Å². The van der Waals surface area contributed by atoms with Crippen molar-refractivity contribution in [2.75, 3.05) is 51.8 Å². The summed E-state index contributed by atoms with van der Waals surface area (Å²) < 4.78 is 10.6. The Balaban J connectivity index is 1.52. The Morgan fingerprint density at radius 2 is 1.63 bits per heavy atom. The zero-order valence-electron chi connectivity index (χ0n) is 18.4. The molecule has 3 rings (SSSR count). The van der Waals surface area contributed by atoms with Crippen molar-refractivity contribution in [3.05, 3.63) is 54.1 Å². The summed E-state index contributed by atoms with van der Waals surface area (Å²) in [5, 5.41) is 3.22. The lowest BCUT2D eigenvalue weighted by Gasteiger charge is -2.36. The van der Waals surface area contributed by atoms with Gasteiger partial charge in [0.2, 0.25) is 5.91 Å². The number of piperazine rings is 1. The molecule has 6 heteroatoms. The molecule has 1 unspecified atom stereocenters. The third kappa shape index (κ3) is 5.66.